The molecule has 2 nitrogen and oxygen atoms in total. The van der Waals surface area contributed by atoms with Crippen LogP contribution in [0.1, 0.15) is 110 Å². The number of carboxylic acids is 1. The largest absolute Gasteiger partial charge is 0.481 e. The van der Waals surface area contributed by atoms with E-state index >= 15 is 0 Å². The summed E-state index contributed by atoms with van der Waals surface area (Å²) >= 11 is 0. The van der Waals surface area contributed by atoms with E-state index in [-0.39, 0.29) is 5.41 Å². The first-order valence-corrected chi connectivity index (χ1v) is 9.40. The first-order chi connectivity index (χ1) is 10.2. The number of carbonyl (C=O) groups is 1. The van der Waals surface area contributed by atoms with Crippen molar-refractivity contribution in [1.82, 2.24) is 0 Å². The molecule has 0 heterocycles. The fourth-order valence-corrected chi connectivity index (χ4v) is 3.87. The first-order valence-electron chi connectivity index (χ1n) is 9.40. The van der Waals surface area contributed by atoms with E-state index in [0.717, 1.165) is 19.3 Å². The Balaban J connectivity index is 2.51. The maximum Gasteiger partial charge on any atom is 0.303 e. The Hall–Kier alpha value is -0.530. The molecule has 124 valence electrons. The minimum absolute atomic E-state index is 0.0754. The smallest absolute Gasteiger partial charge is 0.303 e. The molecular weight excluding hydrogens is 260 g/mol. The molecule has 0 bridgehead atoms. The van der Waals surface area contributed by atoms with E-state index in [4.69, 9.17) is 0 Å². The Morgan fingerprint density at radius 1 is 0.762 bits per heavy atom. The summed E-state index contributed by atoms with van der Waals surface area (Å²) in [5, 5.41) is 9.27. The topological polar surface area (TPSA) is 37.3 Å². The molecule has 0 aromatic heterocycles. The van der Waals surface area contributed by atoms with Crippen LogP contribution in [0.4, 0.5) is 0 Å². The highest BCUT2D eigenvalue weighted by Crippen LogP contribution is 2.38. The Morgan fingerprint density at radius 3 is 1.38 bits per heavy atom. The minimum atomic E-state index is -0.602. The first kappa shape index (κ1) is 18.5. The maximum absolute atomic E-state index is 11.3. The Morgan fingerprint density at radius 2 is 1.10 bits per heavy atom. The lowest BCUT2D eigenvalue weighted by molar-refractivity contribution is -0.140. The Bertz CT molecular complexity index is 257. The van der Waals surface area contributed by atoms with Crippen molar-refractivity contribution in [3.8, 4) is 0 Å². The van der Waals surface area contributed by atoms with Gasteiger partial charge in [0.05, 0.1) is 6.42 Å². The zero-order valence-electron chi connectivity index (χ0n) is 14.2. The highest BCUT2D eigenvalue weighted by Gasteiger charge is 2.29. The van der Waals surface area contributed by atoms with Crippen molar-refractivity contribution in [2.75, 3.05) is 0 Å². The molecule has 0 aromatic rings. The summed E-state index contributed by atoms with van der Waals surface area (Å²) < 4.78 is 0. The van der Waals surface area contributed by atoms with Gasteiger partial charge in [0.15, 0.2) is 0 Å². The summed E-state index contributed by atoms with van der Waals surface area (Å²) in [5.74, 6) is -0.602. The summed E-state index contributed by atoms with van der Waals surface area (Å²) in [6.45, 7) is 2.19. The van der Waals surface area contributed by atoms with Crippen LogP contribution in [0.5, 0.6) is 0 Å². The van der Waals surface area contributed by atoms with E-state index in [9.17, 15) is 9.90 Å². The Kier molecular flexibility index (Phi) is 9.78. The molecule has 0 aliphatic heterocycles. The molecule has 2 heteroatoms. The van der Waals surface area contributed by atoms with Gasteiger partial charge in [-0.2, -0.15) is 0 Å². The third-order valence-corrected chi connectivity index (χ3v) is 5.44. The van der Waals surface area contributed by atoms with E-state index in [1.807, 2.05) is 0 Å². The third kappa shape index (κ3) is 8.48. The van der Waals surface area contributed by atoms with E-state index in [1.165, 1.54) is 77.0 Å². The molecule has 1 saturated carbocycles. The molecule has 0 saturated heterocycles. The molecule has 0 atom stereocenters. The van der Waals surface area contributed by atoms with Gasteiger partial charge in [0.2, 0.25) is 0 Å². The average molecular weight is 296 g/mol. The van der Waals surface area contributed by atoms with Gasteiger partial charge in [-0.15, -0.1) is 0 Å². The normalized spacial score (nSPS) is 22.9. The highest BCUT2D eigenvalue weighted by molar-refractivity contribution is 5.67. The molecule has 1 aliphatic carbocycles. The summed E-state index contributed by atoms with van der Waals surface area (Å²) in [6.07, 6.45) is 19.7. The van der Waals surface area contributed by atoms with Crippen LogP contribution in [0.3, 0.4) is 0 Å². The van der Waals surface area contributed by atoms with Crippen LogP contribution in [0.2, 0.25) is 0 Å². The summed E-state index contributed by atoms with van der Waals surface area (Å²) in [5.41, 5.74) is 0.0754. The fourth-order valence-electron chi connectivity index (χ4n) is 3.87. The van der Waals surface area contributed by atoms with Crippen LogP contribution in [0.15, 0.2) is 0 Å². The Labute approximate surface area is 131 Å². The van der Waals surface area contributed by atoms with Crippen LogP contribution in [0, 0.1) is 5.41 Å². The highest BCUT2D eigenvalue weighted by atomic mass is 16.4. The van der Waals surface area contributed by atoms with Crippen LogP contribution in [-0.2, 0) is 4.79 Å². The zero-order chi connectivity index (χ0) is 15.4. The SMILES string of the molecule is CCC1(CC(=O)O)CCCCCCCCCCCCCC1. The number of hydrogen-bond acceptors (Lipinski definition) is 1. The van der Waals surface area contributed by atoms with Crippen LogP contribution in [-0.4, -0.2) is 11.1 Å². The van der Waals surface area contributed by atoms with E-state index in [2.05, 4.69) is 6.92 Å². The molecule has 0 radical (unpaired) electrons. The van der Waals surface area contributed by atoms with Gasteiger partial charge in [-0.25, -0.2) is 0 Å². The molecule has 0 aromatic carbocycles. The van der Waals surface area contributed by atoms with Gasteiger partial charge in [-0.1, -0.05) is 84.0 Å². The van der Waals surface area contributed by atoms with Crippen molar-refractivity contribution in [1.29, 1.82) is 0 Å². The van der Waals surface area contributed by atoms with Crippen LogP contribution in [0.25, 0.3) is 0 Å². The molecule has 0 amide bonds. The quantitative estimate of drug-likeness (QED) is 0.660. The van der Waals surface area contributed by atoms with E-state index in [0.29, 0.717) is 6.42 Å². The number of aliphatic carboxylic acids is 1. The van der Waals surface area contributed by atoms with Gasteiger partial charge < -0.3 is 5.11 Å². The second-order valence-electron chi connectivity index (χ2n) is 7.17. The molecule has 21 heavy (non-hydrogen) atoms. The predicted molar refractivity (Wildman–Crippen MR) is 89.6 cm³/mol. The van der Waals surface area contributed by atoms with Gasteiger partial charge in [-0.05, 0) is 24.7 Å². The van der Waals surface area contributed by atoms with Crippen molar-refractivity contribution in [3.05, 3.63) is 0 Å². The van der Waals surface area contributed by atoms with Gasteiger partial charge in [0.25, 0.3) is 0 Å². The fraction of sp³-hybridized carbons (Fsp3) is 0.947. The molecule has 1 fully saturated rings. The summed E-state index contributed by atoms with van der Waals surface area (Å²) in [4.78, 5) is 11.3. The molecule has 1 rings (SSSR count). The van der Waals surface area contributed by atoms with Crippen LogP contribution < -0.4 is 0 Å². The summed E-state index contributed by atoms with van der Waals surface area (Å²) in [6, 6.07) is 0. The van der Waals surface area contributed by atoms with E-state index < -0.39 is 5.97 Å². The second-order valence-corrected chi connectivity index (χ2v) is 7.17. The predicted octanol–water partition coefficient (Wildman–Crippen LogP) is 6.33. The lowest BCUT2D eigenvalue weighted by atomic mass is 9.73. The van der Waals surface area contributed by atoms with Crippen molar-refractivity contribution >= 4 is 5.97 Å². The lowest BCUT2D eigenvalue weighted by Crippen LogP contribution is -2.24. The molecule has 1 N–H and O–H groups in total. The van der Waals surface area contributed by atoms with Crippen molar-refractivity contribution in [3.63, 3.8) is 0 Å². The van der Waals surface area contributed by atoms with E-state index in [1.54, 1.807) is 0 Å². The summed E-state index contributed by atoms with van der Waals surface area (Å²) in [7, 11) is 0. The lowest BCUT2D eigenvalue weighted by Gasteiger charge is -2.31. The average Bonchev–Trinajstić information content (AvgIpc) is 2.46. The molecular formula is C19H36O2. The van der Waals surface area contributed by atoms with Crippen molar-refractivity contribution < 1.29 is 9.90 Å². The van der Waals surface area contributed by atoms with Gasteiger partial charge in [0.1, 0.15) is 0 Å². The molecule has 1 aliphatic rings. The maximum atomic E-state index is 11.3. The minimum Gasteiger partial charge on any atom is -0.481 e. The van der Waals surface area contributed by atoms with Crippen molar-refractivity contribution in [2.45, 2.75) is 110 Å². The standard InChI is InChI=1S/C19H36O2/c1-2-19(17-18(20)21)15-13-11-9-7-5-3-4-6-8-10-12-14-16-19/h2-17H2,1H3,(H,20,21). The van der Waals surface area contributed by atoms with Gasteiger partial charge >= 0.3 is 5.97 Å². The van der Waals surface area contributed by atoms with Crippen LogP contribution >= 0.6 is 0 Å². The second kappa shape index (κ2) is 11.1. The number of carboxylic acid groups (broad SMARTS) is 1. The molecule has 0 spiro atoms. The third-order valence-electron chi connectivity index (χ3n) is 5.44. The molecule has 0 unspecified atom stereocenters. The zero-order valence-corrected chi connectivity index (χ0v) is 14.2. The number of rotatable bonds is 3. The number of hydrogen-bond donors (Lipinski definition) is 1. The monoisotopic (exact) mass is 296 g/mol. The van der Waals surface area contributed by atoms with Crippen molar-refractivity contribution in [2.24, 2.45) is 5.41 Å². The van der Waals surface area contributed by atoms with Gasteiger partial charge in [-0.3, -0.25) is 4.79 Å². The van der Waals surface area contributed by atoms with Gasteiger partial charge in [0, 0.05) is 0 Å².